The monoisotopic (exact) mass is 289 g/mol. The Labute approximate surface area is 116 Å². The molecular weight excluding hydrogens is 270 g/mol. The van der Waals surface area contributed by atoms with Crippen LogP contribution in [0, 0.1) is 17.7 Å². The van der Waals surface area contributed by atoms with Crippen LogP contribution < -0.4 is 5.73 Å². The van der Waals surface area contributed by atoms with Gasteiger partial charge in [0.1, 0.15) is 5.82 Å². The third-order valence-electron chi connectivity index (χ3n) is 4.18. The van der Waals surface area contributed by atoms with E-state index in [9.17, 15) is 17.6 Å². The Morgan fingerprint density at radius 3 is 2.55 bits per heavy atom. The van der Waals surface area contributed by atoms with E-state index in [0.29, 0.717) is 5.92 Å². The number of rotatable bonds is 2. The van der Waals surface area contributed by atoms with E-state index in [2.05, 4.69) is 6.92 Å². The lowest BCUT2D eigenvalue weighted by molar-refractivity contribution is -0.140. The fraction of sp³-hybridized carbons (Fsp3) is 0.600. The molecule has 1 aromatic rings. The van der Waals surface area contributed by atoms with Gasteiger partial charge in [0.25, 0.3) is 0 Å². The second-order valence-electron chi connectivity index (χ2n) is 5.76. The van der Waals surface area contributed by atoms with Crippen molar-refractivity contribution in [3.8, 4) is 0 Å². The molecule has 0 aliphatic heterocycles. The van der Waals surface area contributed by atoms with Crippen molar-refractivity contribution in [1.82, 2.24) is 0 Å². The normalized spacial score (nSPS) is 25.5. The summed E-state index contributed by atoms with van der Waals surface area (Å²) in [6.45, 7) is 2.10. The van der Waals surface area contributed by atoms with E-state index in [4.69, 9.17) is 5.73 Å². The fourth-order valence-electron chi connectivity index (χ4n) is 3.09. The van der Waals surface area contributed by atoms with Crippen molar-refractivity contribution < 1.29 is 17.6 Å². The van der Waals surface area contributed by atoms with Gasteiger partial charge in [0, 0.05) is 11.6 Å². The van der Waals surface area contributed by atoms with E-state index >= 15 is 0 Å². The van der Waals surface area contributed by atoms with Crippen molar-refractivity contribution in [2.24, 2.45) is 17.6 Å². The smallest absolute Gasteiger partial charge is 0.324 e. The third-order valence-corrected chi connectivity index (χ3v) is 4.18. The first kappa shape index (κ1) is 15.3. The summed E-state index contributed by atoms with van der Waals surface area (Å²) >= 11 is 0. The molecule has 1 fully saturated rings. The molecule has 0 radical (unpaired) electrons. The number of hydrogen-bond acceptors (Lipinski definition) is 1. The van der Waals surface area contributed by atoms with Gasteiger partial charge in [-0.1, -0.05) is 31.9 Å². The maximum absolute atomic E-state index is 14.1. The zero-order chi connectivity index (χ0) is 14.9. The van der Waals surface area contributed by atoms with Crippen LogP contribution in [0.3, 0.4) is 0 Å². The lowest BCUT2D eigenvalue weighted by Crippen LogP contribution is -2.27. The largest absolute Gasteiger partial charge is 0.419 e. The standard InChI is InChI=1S/C15H19F4N/c1-9-4-2-5-10(8-9)14(20)11-6-3-7-12(13(11)16)15(17,18)19/h3,6-7,9-10,14H,2,4-5,8,20H2,1H3. The Morgan fingerprint density at radius 2 is 1.95 bits per heavy atom. The van der Waals surface area contributed by atoms with Crippen molar-refractivity contribution in [2.45, 2.75) is 44.8 Å². The molecular formula is C15H19F4N. The van der Waals surface area contributed by atoms with Crippen molar-refractivity contribution in [1.29, 1.82) is 0 Å². The number of benzene rings is 1. The summed E-state index contributed by atoms with van der Waals surface area (Å²) in [5, 5.41) is 0. The topological polar surface area (TPSA) is 26.0 Å². The molecule has 0 aromatic heterocycles. The van der Waals surface area contributed by atoms with Crippen LogP contribution in [0.25, 0.3) is 0 Å². The van der Waals surface area contributed by atoms with Gasteiger partial charge in [-0.2, -0.15) is 13.2 Å². The minimum Gasteiger partial charge on any atom is -0.324 e. The first-order valence-electron chi connectivity index (χ1n) is 6.92. The second kappa shape index (κ2) is 5.72. The van der Waals surface area contributed by atoms with Crippen LogP contribution in [-0.2, 0) is 6.18 Å². The van der Waals surface area contributed by atoms with E-state index in [1.165, 1.54) is 12.1 Å². The molecule has 0 amide bonds. The highest BCUT2D eigenvalue weighted by molar-refractivity contribution is 5.30. The molecule has 20 heavy (non-hydrogen) atoms. The fourth-order valence-corrected chi connectivity index (χ4v) is 3.09. The van der Waals surface area contributed by atoms with Crippen LogP contribution in [-0.4, -0.2) is 0 Å². The van der Waals surface area contributed by atoms with Crippen molar-refractivity contribution in [3.05, 3.63) is 35.1 Å². The van der Waals surface area contributed by atoms with E-state index in [0.717, 1.165) is 31.7 Å². The van der Waals surface area contributed by atoms with Gasteiger partial charge in [0.05, 0.1) is 5.56 Å². The molecule has 1 aliphatic rings. The van der Waals surface area contributed by atoms with Gasteiger partial charge < -0.3 is 5.73 Å². The lowest BCUT2D eigenvalue weighted by Gasteiger charge is -2.31. The molecule has 5 heteroatoms. The van der Waals surface area contributed by atoms with Crippen molar-refractivity contribution >= 4 is 0 Å². The molecule has 2 N–H and O–H groups in total. The van der Waals surface area contributed by atoms with Crippen LogP contribution in [0.1, 0.15) is 49.8 Å². The quantitative estimate of drug-likeness (QED) is 0.787. The molecule has 0 bridgehead atoms. The number of nitrogens with two attached hydrogens (primary N) is 1. The van der Waals surface area contributed by atoms with Gasteiger partial charge in [-0.05, 0) is 30.7 Å². The summed E-state index contributed by atoms with van der Waals surface area (Å²) < 4.78 is 52.2. The Bertz CT molecular complexity index is 469. The van der Waals surface area contributed by atoms with Gasteiger partial charge in [0.2, 0.25) is 0 Å². The predicted octanol–water partition coefficient (Wildman–Crippen LogP) is 4.67. The van der Waals surface area contributed by atoms with E-state index in [-0.39, 0.29) is 11.5 Å². The highest BCUT2D eigenvalue weighted by atomic mass is 19.4. The van der Waals surface area contributed by atoms with Gasteiger partial charge in [-0.3, -0.25) is 0 Å². The molecule has 1 saturated carbocycles. The summed E-state index contributed by atoms with van der Waals surface area (Å²) in [5.74, 6) is -0.670. The lowest BCUT2D eigenvalue weighted by atomic mass is 9.77. The molecule has 112 valence electrons. The maximum atomic E-state index is 14.1. The second-order valence-corrected chi connectivity index (χ2v) is 5.76. The summed E-state index contributed by atoms with van der Waals surface area (Å²) in [5.41, 5.74) is 4.80. The van der Waals surface area contributed by atoms with E-state index in [1.54, 1.807) is 0 Å². The Kier molecular flexibility index (Phi) is 4.37. The SMILES string of the molecule is CC1CCCC(C(N)c2cccc(C(F)(F)F)c2F)C1. The summed E-state index contributed by atoms with van der Waals surface area (Å²) in [6.07, 6.45) is -0.883. The zero-order valence-corrected chi connectivity index (χ0v) is 11.4. The first-order chi connectivity index (χ1) is 9.30. The number of hydrogen-bond donors (Lipinski definition) is 1. The average Bonchev–Trinajstić information content (AvgIpc) is 2.37. The molecule has 3 unspecified atom stereocenters. The maximum Gasteiger partial charge on any atom is 0.419 e. The zero-order valence-electron chi connectivity index (χ0n) is 11.4. The Morgan fingerprint density at radius 1 is 1.25 bits per heavy atom. The van der Waals surface area contributed by atoms with Crippen molar-refractivity contribution in [2.75, 3.05) is 0 Å². The minimum atomic E-state index is -4.68. The summed E-state index contributed by atoms with van der Waals surface area (Å²) in [6, 6.07) is 2.69. The van der Waals surface area contributed by atoms with Crippen LogP contribution in [0.15, 0.2) is 18.2 Å². The molecule has 0 spiro atoms. The third kappa shape index (κ3) is 3.14. The van der Waals surface area contributed by atoms with E-state index < -0.39 is 23.6 Å². The molecule has 2 rings (SSSR count). The number of alkyl halides is 3. The van der Waals surface area contributed by atoms with Gasteiger partial charge in [0.15, 0.2) is 0 Å². The average molecular weight is 289 g/mol. The Balaban J connectivity index is 2.28. The van der Waals surface area contributed by atoms with Gasteiger partial charge in [-0.25, -0.2) is 4.39 Å². The highest BCUT2D eigenvalue weighted by Crippen LogP contribution is 2.39. The molecule has 3 atom stereocenters. The van der Waals surface area contributed by atoms with Gasteiger partial charge in [-0.15, -0.1) is 0 Å². The minimum absolute atomic E-state index is 0.0149. The van der Waals surface area contributed by atoms with E-state index in [1.807, 2.05) is 0 Å². The predicted molar refractivity (Wildman–Crippen MR) is 69.5 cm³/mol. The molecule has 0 heterocycles. The Hall–Kier alpha value is -1.10. The van der Waals surface area contributed by atoms with Crippen molar-refractivity contribution in [3.63, 3.8) is 0 Å². The summed E-state index contributed by atoms with van der Waals surface area (Å²) in [4.78, 5) is 0. The highest BCUT2D eigenvalue weighted by Gasteiger charge is 2.36. The molecule has 1 aliphatic carbocycles. The van der Waals surface area contributed by atoms with Crippen LogP contribution in [0.5, 0.6) is 0 Å². The summed E-state index contributed by atoms with van der Waals surface area (Å²) in [7, 11) is 0. The van der Waals surface area contributed by atoms with Crippen LogP contribution in [0.4, 0.5) is 17.6 Å². The molecule has 1 nitrogen and oxygen atoms in total. The van der Waals surface area contributed by atoms with Crippen LogP contribution >= 0.6 is 0 Å². The molecule has 0 saturated heterocycles. The number of halogens is 4. The van der Waals surface area contributed by atoms with Crippen LogP contribution in [0.2, 0.25) is 0 Å². The van der Waals surface area contributed by atoms with Gasteiger partial charge >= 0.3 is 6.18 Å². The first-order valence-corrected chi connectivity index (χ1v) is 6.92. The molecule has 1 aromatic carbocycles.